The fraction of sp³-hybridized carbons (Fsp3) is 0.667. The minimum Gasteiger partial charge on any atom is -0.481 e. The van der Waals surface area contributed by atoms with Crippen molar-refractivity contribution >= 4 is 35.3 Å². The average molecular weight is 461 g/mol. The van der Waals surface area contributed by atoms with E-state index >= 15 is 0 Å². The summed E-state index contributed by atoms with van der Waals surface area (Å²) in [5.74, 6) is -11.5. The van der Waals surface area contributed by atoms with Gasteiger partial charge in [-0.15, -0.1) is 0 Å². The summed E-state index contributed by atoms with van der Waals surface area (Å²) in [6, 6.07) is -5.05. The molecule has 0 aromatic carbocycles. The monoisotopic (exact) mass is 461 g/mol. The molecule has 0 bridgehead atoms. The summed E-state index contributed by atoms with van der Waals surface area (Å²) >= 11 is 0. The Balaban J connectivity index is 6.32. The molecule has 0 aliphatic heterocycles. The predicted molar refractivity (Wildman–Crippen MR) is 109 cm³/mol. The minimum absolute atomic E-state index is 0.0186. The third-order valence-electron chi connectivity index (χ3n) is 4.89. The summed E-state index contributed by atoms with van der Waals surface area (Å²) in [5.41, 5.74) is 24.8. The molecule has 0 aromatic rings. The number of rotatable bonds is 17. The Kier molecular flexibility index (Phi) is 11.8. The van der Waals surface area contributed by atoms with E-state index in [1.54, 1.807) is 0 Å². The summed E-state index contributed by atoms with van der Waals surface area (Å²) in [6.07, 6.45) is -1.30. The van der Waals surface area contributed by atoms with Gasteiger partial charge in [0, 0.05) is 6.42 Å². The smallest absolute Gasteiger partial charge is 0.332 e. The molecule has 0 heterocycles. The van der Waals surface area contributed by atoms with Crippen LogP contribution in [0.2, 0.25) is 0 Å². The predicted octanol–water partition coefficient (Wildman–Crippen LogP) is -3.46. The molecule has 0 aliphatic carbocycles. The molecule has 5 atom stereocenters. The van der Waals surface area contributed by atoms with Gasteiger partial charge in [0.05, 0.1) is 24.5 Å². The van der Waals surface area contributed by atoms with Crippen LogP contribution in [0.3, 0.4) is 0 Å². The van der Waals surface area contributed by atoms with Gasteiger partial charge in [-0.1, -0.05) is 6.42 Å². The van der Waals surface area contributed by atoms with E-state index in [9.17, 15) is 33.9 Å². The Hall–Kier alpha value is -2.78. The lowest BCUT2D eigenvalue weighted by Crippen LogP contribution is -2.70. The van der Waals surface area contributed by atoms with Gasteiger partial charge >= 0.3 is 17.9 Å². The Morgan fingerprint density at radius 3 is 1.66 bits per heavy atom. The lowest BCUT2D eigenvalue weighted by Gasteiger charge is -2.34. The molecule has 0 aliphatic rings. The van der Waals surface area contributed by atoms with Gasteiger partial charge in [0.1, 0.15) is 5.92 Å². The van der Waals surface area contributed by atoms with E-state index in [0.717, 1.165) is 0 Å². The van der Waals surface area contributed by atoms with Crippen LogP contribution in [0, 0.1) is 5.92 Å². The number of unbranched alkanes of at least 4 members (excludes halogenated alkanes) is 1. The molecular weight excluding hydrogens is 430 g/mol. The number of carboxylic acid groups (broad SMARTS) is 3. The maximum Gasteiger partial charge on any atom is 0.332 e. The molecule has 14 heteroatoms. The minimum atomic E-state index is -3.27. The highest BCUT2D eigenvalue weighted by atomic mass is 16.4. The number of aliphatic carboxylic acids is 3. The van der Waals surface area contributed by atoms with Crippen molar-refractivity contribution in [2.75, 3.05) is 6.54 Å². The summed E-state index contributed by atoms with van der Waals surface area (Å²) in [7, 11) is 0. The van der Waals surface area contributed by atoms with Crippen molar-refractivity contribution in [1.82, 2.24) is 0 Å². The Morgan fingerprint density at radius 2 is 1.25 bits per heavy atom. The second-order valence-electron chi connectivity index (χ2n) is 7.41. The van der Waals surface area contributed by atoms with Crippen LogP contribution < -0.4 is 28.7 Å². The second kappa shape index (κ2) is 12.9. The molecule has 32 heavy (non-hydrogen) atoms. The summed E-state index contributed by atoms with van der Waals surface area (Å²) in [6.45, 7) is 0.280. The molecule has 182 valence electrons. The zero-order chi connectivity index (χ0) is 25.2. The molecule has 0 saturated heterocycles. The second-order valence-corrected chi connectivity index (χ2v) is 7.41. The normalized spacial score (nSPS) is 16.8. The number of hydrogen-bond acceptors (Lipinski definition) is 11. The largest absolute Gasteiger partial charge is 0.481 e. The van der Waals surface area contributed by atoms with E-state index in [1.165, 1.54) is 0 Å². The third-order valence-corrected chi connectivity index (χ3v) is 4.89. The number of carbonyl (C=O) groups is 6. The zero-order valence-corrected chi connectivity index (χ0v) is 17.4. The summed E-state index contributed by atoms with van der Waals surface area (Å²) < 4.78 is 0. The Morgan fingerprint density at radius 1 is 0.750 bits per heavy atom. The lowest BCUT2D eigenvalue weighted by atomic mass is 9.70. The van der Waals surface area contributed by atoms with Crippen LogP contribution in [0.15, 0.2) is 0 Å². The van der Waals surface area contributed by atoms with E-state index in [1.807, 2.05) is 0 Å². The molecule has 0 radical (unpaired) electrons. The van der Waals surface area contributed by atoms with E-state index in [4.69, 9.17) is 38.9 Å². The topological polar surface area (TPSA) is 293 Å². The molecule has 13 N–H and O–H groups in total. The van der Waals surface area contributed by atoms with Crippen molar-refractivity contribution < 1.29 is 44.1 Å². The molecule has 14 nitrogen and oxygen atoms in total. The molecule has 0 aromatic heterocycles. The van der Waals surface area contributed by atoms with Crippen LogP contribution in [0.25, 0.3) is 0 Å². The fourth-order valence-corrected chi connectivity index (χ4v) is 3.05. The number of hydrogen-bond donors (Lipinski definition) is 8. The van der Waals surface area contributed by atoms with Crippen molar-refractivity contribution in [1.29, 1.82) is 0 Å². The van der Waals surface area contributed by atoms with Gasteiger partial charge in [-0.25, -0.2) is 4.79 Å². The molecule has 0 amide bonds. The number of carboxylic acids is 3. The molecule has 5 unspecified atom stereocenters. The van der Waals surface area contributed by atoms with Gasteiger partial charge < -0.3 is 44.0 Å². The highest BCUT2D eigenvalue weighted by Crippen LogP contribution is 2.25. The first-order chi connectivity index (χ1) is 14.7. The van der Waals surface area contributed by atoms with Gasteiger partial charge in [0.25, 0.3) is 0 Å². The first-order valence-corrected chi connectivity index (χ1v) is 9.76. The van der Waals surface area contributed by atoms with E-state index in [-0.39, 0.29) is 13.0 Å². The van der Waals surface area contributed by atoms with Crippen molar-refractivity contribution in [2.45, 2.75) is 62.2 Å². The van der Waals surface area contributed by atoms with Crippen LogP contribution in [0.4, 0.5) is 0 Å². The number of nitrogens with two attached hydrogens (primary N) is 5. The summed E-state index contributed by atoms with van der Waals surface area (Å²) in [4.78, 5) is 72.5. The fourth-order valence-electron chi connectivity index (χ4n) is 3.05. The van der Waals surface area contributed by atoms with Crippen LogP contribution in [0.1, 0.15) is 38.5 Å². The molecular formula is C18H31N5O9. The van der Waals surface area contributed by atoms with Crippen molar-refractivity contribution in [2.24, 2.45) is 34.6 Å². The van der Waals surface area contributed by atoms with Crippen molar-refractivity contribution in [3.05, 3.63) is 0 Å². The van der Waals surface area contributed by atoms with Gasteiger partial charge in [-0.3, -0.25) is 24.0 Å². The molecule has 0 spiro atoms. The number of ketones is 3. The van der Waals surface area contributed by atoms with E-state index in [0.29, 0.717) is 12.8 Å². The standard InChI is InChI=1S/C18H31N5O9/c19-6-2-1-3-8(20)14(28)13(15(29)9(21)4-5-11(24)25)18(23,17(31)32)16(30)10(22)7-12(26)27/h8-10,13H,1-7,19-23H2,(H,24,25)(H,26,27)(H,31,32). The third kappa shape index (κ3) is 7.72. The van der Waals surface area contributed by atoms with Crippen LogP contribution in [-0.2, 0) is 28.8 Å². The van der Waals surface area contributed by atoms with Gasteiger partial charge in [-0.2, -0.15) is 0 Å². The average Bonchev–Trinajstić information content (AvgIpc) is 2.70. The van der Waals surface area contributed by atoms with Crippen LogP contribution >= 0.6 is 0 Å². The SMILES string of the molecule is NCCCCC(N)C(=O)C(C(=O)C(N)CCC(=O)O)C(N)(C(=O)O)C(=O)C(N)CC(=O)O. The van der Waals surface area contributed by atoms with E-state index in [2.05, 4.69) is 0 Å². The van der Waals surface area contributed by atoms with Crippen molar-refractivity contribution in [3.63, 3.8) is 0 Å². The van der Waals surface area contributed by atoms with Gasteiger partial charge in [0.15, 0.2) is 22.9 Å². The zero-order valence-electron chi connectivity index (χ0n) is 17.4. The maximum atomic E-state index is 13.0. The van der Waals surface area contributed by atoms with E-state index < -0.39 is 84.1 Å². The lowest BCUT2D eigenvalue weighted by molar-refractivity contribution is -0.159. The van der Waals surface area contributed by atoms with Crippen molar-refractivity contribution in [3.8, 4) is 0 Å². The molecule has 0 saturated carbocycles. The highest BCUT2D eigenvalue weighted by molar-refractivity contribution is 6.21. The number of carbonyl (C=O) groups excluding carboxylic acids is 3. The highest BCUT2D eigenvalue weighted by Gasteiger charge is 2.58. The molecule has 0 fully saturated rings. The van der Waals surface area contributed by atoms with Crippen LogP contribution in [0.5, 0.6) is 0 Å². The van der Waals surface area contributed by atoms with Gasteiger partial charge in [-0.05, 0) is 25.8 Å². The Labute approximate surface area is 183 Å². The Bertz CT molecular complexity index is 744. The maximum absolute atomic E-state index is 13.0. The first-order valence-electron chi connectivity index (χ1n) is 9.76. The van der Waals surface area contributed by atoms with Gasteiger partial charge in [0.2, 0.25) is 0 Å². The summed E-state index contributed by atoms with van der Waals surface area (Å²) in [5, 5.41) is 27.3. The number of Topliss-reactive ketones (excluding diaryl/α,β-unsaturated/α-hetero) is 3. The quantitative estimate of drug-likeness (QED) is 0.0771. The molecule has 0 rings (SSSR count). The first kappa shape index (κ1) is 29.2. The van der Waals surface area contributed by atoms with Crippen LogP contribution in [-0.4, -0.2) is 80.8 Å².